The normalized spacial score (nSPS) is 19.6. The lowest BCUT2D eigenvalue weighted by Crippen LogP contribution is -2.33. The molecule has 1 aliphatic rings. The predicted octanol–water partition coefficient (Wildman–Crippen LogP) is 2.30. The number of ether oxygens (including phenoxy) is 1. The molecule has 1 unspecified atom stereocenters. The summed E-state index contributed by atoms with van der Waals surface area (Å²) in [6.45, 7) is 2.02. The number of halogens is 2. The van der Waals surface area contributed by atoms with Crippen LogP contribution in [0.4, 0.5) is 4.39 Å². The van der Waals surface area contributed by atoms with E-state index >= 15 is 0 Å². The van der Waals surface area contributed by atoms with Crippen LogP contribution in [0.15, 0.2) is 27.2 Å². The standard InChI is InChI=1S/C12H11BrFN3O2/c13-7-2-1-3-8(14)10(7)12-16-11(17-19-12)9-6-15-4-5-18-9/h1-3,9,15H,4-6H2. The predicted molar refractivity (Wildman–Crippen MR) is 69.0 cm³/mol. The summed E-state index contributed by atoms with van der Waals surface area (Å²) < 4.78 is 25.0. The van der Waals surface area contributed by atoms with Crippen molar-refractivity contribution in [3.63, 3.8) is 0 Å². The van der Waals surface area contributed by atoms with Crippen LogP contribution in [0, 0.1) is 5.82 Å². The van der Waals surface area contributed by atoms with Crippen LogP contribution >= 0.6 is 15.9 Å². The summed E-state index contributed by atoms with van der Waals surface area (Å²) >= 11 is 3.28. The monoisotopic (exact) mass is 327 g/mol. The van der Waals surface area contributed by atoms with E-state index in [1.54, 1.807) is 12.1 Å². The maximum Gasteiger partial charge on any atom is 0.262 e. The van der Waals surface area contributed by atoms with Crippen molar-refractivity contribution < 1.29 is 13.7 Å². The lowest BCUT2D eigenvalue weighted by Gasteiger charge is -2.20. The van der Waals surface area contributed by atoms with Gasteiger partial charge in [0.25, 0.3) is 5.89 Å². The third-order valence-corrected chi connectivity index (χ3v) is 3.49. The number of benzene rings is 1. The van der Waals surface area contributed by atoms with Crippen LogP contribution in [0.25, 0.3) is 11.5 Å². The molecule has 1 N–H and O–H groups in total. The van der Waals surface area contributed by atoms with Crippen LogP contribution in [0.3, 0.4) is 0 Å². The molecule has 2 aromatic rings. The van der Waals surface area contributed by atoms with Crippen molar-refractivity contribution in [2.24, 2.45) is 0 Å². The minimum Gasteiger partial charge on any atom is -0.367 e. The molecule has 0 spiro atoms. The fraction of sp³-hybridized carbons (Fsp3) is 0.333. The van der Waals surface area contributed by atoms with E-state index in [-0.39, 0.29) is 17.6 Å². The van der Waals surface area contributed by atoms with E-state index in [0.29, 0.717) is 23.4 Å². The van der Waals surface area contributed by atoms with Gasteiger partial charge in [-0.1, -0.05) is 11.2 Å². The highest BCUT2D eigenvalue weighted by Gasteiger charge is 2.23. The molecule has 2 heterocycles. The zero-order chi connectivity index (χ0) is 13.2. The number of nitrogens with one attached hydrogen (secondary N) is 1. The molecule has 1 saturated heterocycles. The molecule has 1 aromatic heterocycles. The van der Waals surface area contributed by atoms with Gasteiger partial charge >= 0.3 is 0 Å². The van der Waals surface area contributed by atoms with Crippen LogP contribution in [0.5, 0.6) is 0 Å². The highest BCUT2D eigenvalue weighted by Crippen LogP contribution is 2.30. The van der Waals surface area contributed by atoms with Crippen molar-refractivity contribution in [1.82, 2.24) is 15.5 Å². The summed E-state index contributed by atoms with van der Waals surface area (Å²) in [5.41, 5.74) is 0.269. The largest absolute Gasteiger partial charge is 0.367 e. The molecule has 1 fully saturated rings. The summed E-state index contributed by atoms with van der Waals surface area (Å²) in [4.78, 5) is 4.21. The second-order valence-electron chi connectivity index (χ2n) is 4.12. The van der Waals surface area contributed by atoms with Crippen molar-refractivity contribution in [3.05, 3.63) is 34.3 Å². The Morgan fingerprint density at radius 1 is 1.42 bits per heavy atom. The molecule has 1 aliphatic heterocycles. The molecule has 0 bridgehead atoms. The van der Waals surface area contributed by atoms with Crippen molar-refractivity contribution in [3.8, 4) is 11.5 Å². The number of aromatic nitrogens is 2. The van der Waals surface area contributed by atoms with Crippen LogP contribution in [0.1, 0.15) is 11.9 Å². The summed E-state index contributed by atoms with van der Waals surface area (Å²) in [5, 5.41) is 7.03. The van der Waals surface area contributed by atoms with Gasteiger partial charge in [-0.2, -0.15) is 4.98 Å². The lowest BCUT2D eigenvalue weighted by atomic mass is 10.2. The minimum absolute atomic E-state index is 0.147. The Labute approximate surface area is 117 Å². The number of hydrogen-bond donors (Lipinski definition) is 1. The Kier molecular flexibility index (Phi) is 3.58. The fourth-order valence-corrected chi connectivity index (χ4v) is 2.41. The Hall–Kier alpha value is -1.31. The van der Waals surface area contributed by atoms with Gasteiger partial charge < -0.3 is 14.6 Å². The van der Waals surface area contributed by atoms with E-state index in [0.717, 1.165) is 6.54 Å². The van der Waals surface area contributed by atoms with Crippen LogP contribution in [0.2, 0.25) is 0 Å². The lowest BCUT2D eigenvalue weighted by molar-refractivity contribution is 0.0208. The molecule has 19 heavy (non-hydrogen) atoms. The Bertz CT molecular complexity index is 564. The summed E-state index contributed by atoms with van der Waals surface area (Å²) in [5.74, 6) is 0.166. The average Bonchev–Trinajstić information content (AvgIpc) is 2.89. The van der Waals surface area contributed by atoms with E-state index in [1.165, 1.54) is 6.07 Å². The van der Waals surface area contributed by atoms with Crippen molar-refractivity contribution in [2.45, 2.75) is 6.10 Å². The molecular formula is C12H11BrFN3O2. The van der Waals surface area contributed by atoms with E-state index in [2.05, 4.69) is 31.4 Å². The van der Waals surface area contributed by atoms with E-state index in [4.69, 9.17) is 9.26 Å². The second-order valence-corrected chi connectivity index (χ2v) is 4.97. The van der Waals surface area contributed by atoms with Gasteiger partial charge in [-0.25, -0.2) is 4.39 Å². The molecule has 0 aliphatic carbocycles. The number of morpholine rings is 1. The molecule has 7 heteroatoms. The summed E-state index contributed by atoms with van der Waals surface area (Å²) in [6.07, 6.45) is -0.253. The maximum atomic E-state index is 13.8. The Morgan fingerprint density at radius 2 is 2.32 bits per heavy atom. The van der Waals surface area contributed by atoms with Gasteiger partial charge in [-0.05, 0) is 28.1 Å². The fourth-order valence-electron chi connectivity index (χ4n) is 1.90. The van der Waals surface area contributed by atoms with Crippen LogP contribution < -0.4 is 5.32 Å². The molecular weight excluding hydrogens is 317 g/mol. The van der Waals surface area contributed by atoms with E-state index in [9.17, 15) is 4.39 Å². The van der Waals surface area contributed by atoms with Gasteiger partial charge in [-0.3, -0.25) is 0 Å². The molecule has 100 valence electrons. The molecule has 0 amide bonds. The number of rotatable bonds is 2. The SMILES string of the molecule is Fc1cccc(Br)c1-c1nc(C2CNCCO2)no1. The zero-order valence-electron chi connectivity index (χ0n) is 9.90. The minimum atomic E-state index is -0.410. The zero-order valence-corrected chi connectivity index (χ0v) is 11.5. The van der Waals surface area contributed by atoms with Crippen LogP contribution in [-0.4, -0.2) is 29.8 Å². The van der Waals surface area contributed by atoms with Gasteiger partial charge in [0.05, 0.1) is 12.2 Å². The first-order valence-electron chi connectivity index (χ1n) is 5.86. The summed E-state index contributed by atoms with van der Waals surface area (Å²) in [6, 6.07) is 4.68. The maximum absolute atomic E-state index is 13.8. The smallest absolute Gasteiger partial charge is 0.262 e. The highest BCUT2D eigenvalue weighted by atomic mass is 79.9. The molecule has 0 saturated carbocycles. The first-order valence-corrected chi connectivity index (χ1v) is 6.65. The molecule has 3 rings (SSSR count). The van der Waals surface area contributed by atoms with Gasteiger partial charge in [-0.15, -0.1) is 0 Å². The average molecular weight is 328 g/mol. The molecule has 1 atom stereocenters. The second kappa shape index (κ2) is 5.36. The third-order valence-electron chi connectivity index (χ3n) is 2.83. The molecule has 5 nitrogen and oxygen atoms in total. The van der Waals surface area contributed by atoms with E-state index in [1.807, 2.05) is 0 Å². The Balaban J connectivity index is 1.92. The first kappa shape index (κ1) is 12.7. The quantitative estimate of drug-likeness (QED) is 0.917. The van der Waals surface area contributed by atoms with Gasteiger partial charge in [0.15, 0.2) is 0 Å². The highest BCUT2D eigenvalue weighted by molar-refractivity contribution is 9.10. The molecule has 1 aromatic carbocycles. The van der Waals surface area contributed by atoms with Crippen molar-refractivity contribution in [1.29, 1.82) is 0 Å². The number of hydrogen-bond acceptors (Lipinski definition) is 5. The first-order chi connectivity index (χ1) is 9.25. The van der Waals surface area contributed by atoms with Crippen molar-refractivity contribution >= 4 is 15.9 Å². The molecule has 0 radical (unpaired) electrons. The van der Waals surface area contributed by atoms with Gasteiger partial charge in [0.1, 0.15) is 11.9 Å². The van der Waals surface area contributed by atoms with Gasteiger partial charge in [0, 0.05) is 17.6 Å². The third kappa shape index (κ3) is 2.54. The topological polar surface area (TPSA) is 60.2 Å². The summed E-state index contributed by atoms with van der Waals surface area (Å²) in [7, 11) is 0. The van der Waals surface area contributed by atoms with Crippen LogP contribution in [-0.2, 0) is 4.74 Å². The van der Waals surface area contributed by atoms with E-state index < -0.39 is 5.82 Å². The number of nitrogens with zero attached hydrogens (tertiary/aromatic N) is 2. The van der Waals surface area contributed by atoms with Gasteiger partial charge in [0.2, 0.25) is 5.82 Å². The van der Waals surface area contributed by atoms with Crippen molar-refractivity contribution in [2.75, 3.05) is 19.7 Å². The Morgan fingerprint density at radius 3 is 3.05 bits per heavy atom.